The number of H-pyrrole nitrogens is 1. The van der Waals surface area contributed by atoms with Gasteiger partial charge in [0.25, 0.3) is 0 Å². The summed E-state index contributed by atoms with van der Waals surface area (Å²) in [5.74, 6) is 1.55. The Bertz CT molecular complexity index is 652. The van der Waals surface area contributed by atoms with Crippen molar-refractivity contribution < 1.29 is 15.3 Å². The van der Waals surface area contributed by atoms with Gasteiger partial charge in [-0.2, -0.15) is 11.8 Å². The number of hydrogen-bond donors (Lipinski definition) is 6. The van der Waals surface area contributed by atoms with E-state index < -0.39 is 18.2 Å². The van der Waals surface area contributed by atoms with E-state index in [4.69, 9.17) is 10.8 Å². The minimum Gasteiger partial charge on any atom is -0.396 e. The summed E-state index contributed by atoms with van der Waals surface area (Å²) in [7, 11) is 0. The van der Waals surface area contributed by atoms with E-state index in [-0.39, 0.29) is 12.6 Å². The van der Waals surface area contributed by atoms with E-state index in [1.165, 1.54) is 18.1 Å². The topological polar surface area (TPSA) is 140 Å². The molecule has 1 fully saturated rings. The highest BCUT2D eigenvalue weighted by Crippen LogP contribution is 2.33. The molecule has 0 radical (unpaired) electrons. The maximum Gasteiger partial charge on any atom is 0.151 e. The van der Waals surface area contributed by atoms with Crippen molar-refractivity contribution in [2.45, 2.75) is 24.3 Å². The zero-order valence-corrected chi connectivity index (χ0v) is 12.6. The summed E-state index contributed by atoms with van der Waals surface area (Å²) in [6.45, 7) is 0.0953. The highest BCUT2D eigenvalue weighted by atomic mass is 32.2. The molecule has 22 heavy (non-hydrogen) atoms. The van der Waals surface area contributed by atoms with Crippen LogP contribution in [0.4, 0.5) is 5.82 Å². The molecule has 0 aromatic carbocycles. The summed E-state index contributed by atoms with van der Waals surface area (Å²) in [5, 5.41) is 32.6. The number of nitrogens with one attached hydrogen (secondary N) is 2. The molecule has 0 unspecified atom stereocenters. The van der Waals surface area contributed by atoms with Gasteiger partial charge in [-0.1, -0.05) is 0 Å². The Morgan fingerprint density at radius 2 is 2.09 bits per heavy atom. The Morgan fingerprint density at radius 3 is 2.86 bits per heavy atom. The van der Waals surface area contributed by atoms with E-state index in [0.29, 0.717) is 28.4 Å². The first-order valence-electron chi connectivity index (χ1n) is 7.01. The van der Waals surface area contributed by atoms with Crippen LogP contribution in [0.5, 0.6) is 0 Å². The molecule has 1 aliphatic heterocycles. The Morgan fingerprint density at radius 1 is 1.27 bits per heavy atom. The van der Waals surface area contributed by atoms with E-state index in [2.05, 4.69) is 20.3 Å². The number of aliphatic hydroxyl groups excluding tert-OH is 3. The first-order chi connectivity index (χ1) is 10.6. The fourth-order valence-electron chi connectivity index (χ4n) is 2.77. The predicted molar refractivity (Wildman–Crippen MR) is 84.4 cm³/mol. The fraction of sp³-hybridized carbons (Fsp3) is 0.538. The van der Waals surface area contributed by atoms with Gasteiger partial charge >= 0.3 is 0 Å². The molecule has 120 valence electrons. The first kappa shape index (κ1) is 15.5. The molecule has 3 rings (SSSR count). The minimum absolute atomic E-state index is 0.0953. The van der Waals surface area contributed by atoms with Gasteiger partial charge < -0.3 is 31.4 Å². The number of aromatic amines is 1. The van der Waals surface area contributed by atoms with Crippen LogP contribution in [0.15, 0.2) is 12.5 Å². The molecule has 0 saturated carbocycles. The van der Waals surface area contributed by atoms with Crippen molar-refractivity contribution in [2.75, 3.05) is 23.8 Å². The summed E-state index contributed by atoms with van der Waals surface area (Å²) in [5.41, 5.74) is 7.81. The van der Waals surface area contributed by atoms with Crippen LogP contribution in [0, 0.1) is 0 Å². The third kappa shape index (κ3) is 2.66. The van der Waals surface area contributed by atoms with Gasteiger partial charge in [0.15, 0.2) is 5.82 Å². The van der Waals surface area contributed by atoms with Crippen LogP contribution < -0.4 is 11.1 Å². The fourth-order valence-corrected chi connectivity index (χ4v) is 3.62. The van der Waals surface area contributed by atoms with Crippen LogP contribution in [0.3, 0.4) is 0 Å². The largest absolute Gasteiger partial charge is 0.396 e. The van der Waals surface area contributed by atoms with Crippen LogP contribution >= 0.6 is 11.8 Å². The average molecular weight is 325 g/mol. The molecule has 0 amide bonds. The van der Waals surface area contributed by atoms with Gasteiger partial charge in [0, 0.05) is 29.3 Å². The van der Waals surface area contributed by atoms with Crippen molar-refractivity contribution in [3.63, 3.8) is 0 Å². The second kappa shape index (κ2) is 6.39. The first-order valence-corrected chi connectivity index (χ1v) is 8.17. The molecule has 0 aliphatic carbocycles. The molecule has 8 nitrogen and oxygen atoms in total. The molecule has 2 aromatic heterocycles. The maximum atomic E-state index is 10.3. The second-order valence-corrected chi connectivity index (χ2v) is 6.41. The van der Waals surface area contributed by atoms with Gasteiger partial charge in [0.1, 0.15) is 17.9 Å². The SMILES string of the molecule is Nc1ncnc2c([C@@H]3N[C@H](CSCCO)[C@@H](O)[C@H]3O)c[nH]c12. The molecule has 0 bridgehead atoms. The van der Waals surface area contributed by atoms with Crippen molar-refractivity contribution in [1.29, 1.82) is 0 Å². The van der Waals surface area contributed by atoms with Gasteiger partial charge in [-0.05, 0) is 0 Å². The normalized spacial score (nSPS) is 28.5. The molecule has 1 aliphatic rings. The van der Waals surface area contributed by atoms with E-state index >= 15 is 0 Å². The Balaban J connectivity index is 1.83. The molecule has 0 spiro atoms. The van der Waals surface area contributed by atoms with Gasteiger partial charge in [0.2, 0.25) is 0 Å². The summed E-state index contributed by atoms with van der Waals surface area (Å²) in [6, 6.07) is -0.682. The summed E-state index contributed by atoms with van der Waals surface area (Å²) < 4.78 is 0. The second-order valence-electron chi connectivity index (χ2n) is 5.26. The summed E-state index contributed by atoms with van der Waals surface area (Å²) >= 11 is 1.52. The number of nitrogen functional groups attached to an aromatic ring is 1. The number of nitrogens with two attached hydrogens (primary N) is 1. The van der Waals surface area contributed by atoms with Gasteiger partial charge in [-0.25, -0.2) is 9.97 Å². The van der Waals surface area contributed by atoms with Crippen molar-refractivity contribution in [1.82, 2.24) is 20.3 Å². The van der Waals surface area contributed by atoms with Gasteiger partial charge in [-0.3, -0.25) is 0 Å². The van der Waals surface area contributed by atoms with Crippen LogP contribution in [-0.4, -0.2) is 66.6 Å². The quantitative estimate of drug-likeness (QED) is 0.385. The number of rotatable bonds is 5. The van der Waals surface area contributed by atoms with Crippen molar-refractivity contribution >= 4 is 28.6 Å². The Labute approximate surface area is 131 Å². The Kier molecular flexibility index (Phi) is 4.50. The smallest absolute Gasteiger partial charge is 0.151 e. The minimum atomic E-state index is -0.935. The van der Waals surface area contributed by atoms with E-state index in [9.17, 15) is 10.2 Å². The maximum absolute atomic E-state index is 10.3. The number of aliphatic hydroxyl groups is 3. The molecule has 1 saturated heterocycles. The van der Waals surface area contributed by atoms with Gasteiger partial charge in [0.05, 0.1) is 24.3 Å². The highest BCUT2D eigenvalue weighted by Gasteiger charge is 2.42. The average Bonchev–Trinajstić information content (AvgIpc) is 3.05. The number of anilines is 1. The number of thioether (sulfide) groups is 1. The summed E-state index contributed by atoms with van der Waals surface area (Å²) in [6.07, 6.45) is 1.30. The van der Waals surface area contributed by atoms with E-state index in [1.54, 1.807) is 6.20 Å². The van der Waals surface area contributed by atoms with Gasteiger partial charge in [-0.15, -0.1) is 0 Å². The summed E-state index contributed by atoms with van der Waals surface area (Å²) in [4.78, 5) is 11.2. The van der Waals surface area contributed by atoms with E-state index in [1.807, 2.05) is 0 Å². The van der Waals surface area contributed by atoms with Crippen molar-refractivity contribution in [2.24, 2.45) is 0 Å². The van der Waals surface area contributed by atoms with E-state index in [0.717, 1.165) is 5.56 Å². The zero-order chi connectivity index (χ0) is 15.7. The van der Waals surface area contributed by atoms with Crippen LogP contribution in [0.25, 0.3) is 11.0 Å². The predicted octanol–water partition coefficient (Wildman–Crippen LogP) is -1.000. The molecule has 4 atom stereocenters. The molecular formula is C13H19N5O3S. The lowest BCUT2D eigenvalue weighted by Crippen LogP contribution is -2.35. The number of fused-ring (bicyclic) bond motifs is 1. The van der Waals surface area contributed by atoms with Crippen LogP contribution in [0.1, 0.15) is 11.6 Å². The third-order valence-electron chi connectivity index (χ3n) is 3.89. The zero-order valence-electron chi connectivity index (χ0n) is 11.8. The number of hydrogen-bond acceptors (Lipinski definition) is 8. The highest BCUT2D eigenvalue weighted by molar-refractivity contribution is 7.99. The standard InChI is InChI=1S/C13H19N5O3S/c14-13-10-8(16-5-17-13)6(3-15-10)9-12(21)11(20)7(18-9)4-22-2-1-19/h3,5,7,9,11-12,15,18-21H,1-2,4H2,(H2,14,16,17)/t7-,9+,11-,12+/m1/s1. The lowest BCUT2D eigenvalue weighted by Gasteiger charge is -2.14. The Hall–Kier alpha value is -1.39. The number of aromatic nitrogens is 3. The third-order valence-corrected chi connectivity index (χ3v) is 4.95. The molecular weight excluding hydrogens is 306 g/mol. The lowest BCUT2D eigenvalue weighted by molar-refractivity contribution is 0.0308. The number of nitrogens with zero attached hydrogens (tertiary/aromatic N) is 2. The monoisotopic (exact) mass is 325 g/mol. The molecule has 7 N–H and O–H groups in total. The molecule has 9 heteroatoms. The van der Waals surface area contributed by atoms with Crippen molar-refractivity contribution in [3.05, 3.63) is 18.1 Å². The van der Waals surface area contributed by atoms with Crippen LogP contribution in [0.2, 0.25) is 0 Å². The molecule has 3 heterocycles. The van der Waals surface area contributed by atoms with Crippen LogP contribution in [-0.2, 0) is 0 Å². The molecule has 2 aromatic rings. The lowest BCUT2D eigenvalue weighted by atomic mass is 10.0. The van der Waals surface area contributed by atoms with Crippen molar-refractivity contribution in [3.8, 4) is 0 Å².